The van der Waals surface area contributed by atoms with Crippen molar-refractivity contribution < 1.29 is 6.21 Å². The summed E-state index contributed by atoms with van der Waals surface area (Å²) in [6, 6.07) is 0.499. The van der Waals surface area contributed by atoms with E-state index in [9.17, 15) is 0 Å². The molecule has 4 atom stereocenters. The van der Waals surface area contributed by atoms with Crippen molar-refractivity contribution in [2.45, 2.75) is 52.2 Å². The van der Waals surface area contributed by atoms with Gasteiger partial charge in [-0.05, 0) is 38.5 Å². The third-order valence-electron chi connectivity index (χ3n) is 3.93. The van der Waals surface area contributed by atoms with Crippen LogP contribution < -0.4 is 0 Å². The van der Waals surface area contributed by atoms with E-state index in [0.29, 0.717) is 17.9 Å². The average Bonchev–Trinajstić information content (AvgIpc) is 2.18. The van der Waals surface area contributed by atoms with Gasteiger partial charge in [0.1, 0.15) is 0 Å². The van der Waals surface area contributed by atoms with Gasteiger partial charge in [0.05, 0.1) is 5.60 Å². The highest BCUT2D eigenvalue weighted by molar-refractivity contribution is 4.98. The fourth-order valence-corrected chi connectivity index (χ4v) is 3.41. The number of nitrogens with zero attached hydrogens (tertiary/aromatic N) is 1. The Balaban J connectivity index is 2.27. The SMILES string of the molecule is [2H]C1(C)CC(C)C2C(C1)C(C)(C)ON2C. The molecule has 0 N–H and O–H groups in total. The summed E-state index contributed by atoms with van der Waals surface area (Å²) in [5, 5.41) is 2.03. The Hall–Kier alpha value is -0.0800. The molecule has 1 heterocycles. The number of hydrogen-bond donors (Lipinski definition) is 0. The van der Waals surface area contributed by atoms with E-state index in [1.54, 1.807) is 0 Å². The Morgan fingerprint density at radius 2 is 2.00 bits per heavy atom. The van der Waals surface area contributed by atoms with Crippen LogP contribution in [0.15, 0.2) is 0 Å². The summed E-state index contributed by atoms with van der Waals surface area (Å²) >= 11 is 0. The monoisotopic (exact) mass is 198 g/mol. The van der Waals surface area contributed by atoms with E-state index < -0.39 is 0 Å². The van der Waals surface area contributed by atoms with E-state index >= 15 is 0 Å². The summed E-state index contributed by atoms with van der Waals surface area (Å²) in [6.45, 7) is 8.63. The van der Waals surface area contributed by atoms with Crippen LogP contribution in [-0.2, 0) is 4.84 Å². The zero-order valence-electron chi connectivity index (χ0n) is 11.0. The van der Waals surface area contributed by atoms with Crippen molar-refractivity contribution in [3.63, 3.8) is 0 Å². The van der Waals surface area contributed by atoms with Gasteiger partial charge < -0.3 is 0 Å². The second kappa shape index (κ2) is 3.21. The number of hydrogen-bond acceptors (Lipinski definition) is 2. The molecule has 4 unspecified atom stereocenters. The first kappa shape index (κ1) is 9.17. The lowest BCUT2D eigenvalue weighted by Gasteiger charge is -2.38. The van der Waals surface area contributed by atoms with Gasteiger partial charge in [-0.1, -0.05) is 13.8 Å². The molecular weight excluding hydrogens is 174 g/mol. The van der Waals surface area contributed by atoms with Gasteiger partial charge in [-0.2, -0.15) is 5.06 Å². The number of hydroxylamine groups is 2. The lowest BCUT2D eigenvalue weighted by atomic mass is 9.68. The van der Waals surface area contributed by atoms with Crippen LogP contribution in [0.1, 0.15) is 41.9 Å². The number of fused-ring (bicyclic) bond motifs is 1. The van der Waals surface area contributed by atoms with Crippen LogP contribution in [0.4, 0.5) is 0 Å². The Morgan fingerprint density at radius 1 is 1.36 bits per heavy atom. The van der Waals surface area contributed by atoms with Crippen LogP contribution in [0, 0.1) is 17.7 Å². The fourth-order valence-electron chi connectivity index (χ4n) is 3.41. The van der Waals surface area contributed by atoms with Crippen molar-refractivity contribution in [1.82, 2.24) is 5.06 Å². The molecule has 0 amide bonds. The molecule has 2 fully saturated rings. The first-order valence-corrected chi connectivity index (χ1v) is 5.65. The predicted octanol–water partition coefficient (Wildman–Crippen LogP) is 2.69. The predicted molar refractivity (Wildman–Crippen MR) is 57.8 cm³/mol. The quantitative estimate of drug-likeness (QED) is 0.593. The van der Waals surface area contributed by atoms with Crippen LogP contribution in [0.5, 0.6) is 0 Å². The highest BCUT2D eigenvalue weighted by Gasteiger charge is 2.51. The molecular formula is C12H23NO. The molecule has 1 aliphatic carbocycles. The topological polar surface area (TPSA) is 12.5 Å². The van der Waals surface area contributed by atoms with Gasteiger partial charge in [0, 0.05) is 20.4 Å². The van der Waals surface area contributed by atoms with Crippen LogP contribution in [0.3, 0.4) is 0 Å². The zero-order valence-corrected chi connectivity index (χ0v) is 10.0. The summed E-state index contributed by atoms with van der Waals surface area (Å²) in [7, 11) is 2.04. The van der Waals surface area contributed by atoms with E-state index in [2.05, 4.69) is 27.7 Å². The first-order chi connectivity index (χ1) is 6.73. The van der Waals surface area contributed by atoms with E-state index in [0.717, 1.165) is 12.8 Å². The Kier molecular flexibility index (Phi) is 2.10. The standard InChI is InChI=1S/C12H23NO/c1-8-6-9(2)11-10(7-8)12(3,4)14-13(11)5/h8-11H,6-7H2,1-5H3/i8D. The maximum absolute atomic E-state index is 8.28. The van der Waals surface area contributed by atoms with E-state index in [-0.39, 0.29) is 11.5 Å². The molecule has 2 aliphatic rings. The highest BCUT2D eigenvalue weighted by Crippen LogP contribution is 2.47. The largest absolute Gasteiger partial charge is 0.293 e. The molecule has 1 aliphatic heterocycles. The molecule has 1 saturated heterocycles. The molecule has 2 nitrogen and oxygen atoms in total. The second-order valence-corrected chi connectivity index (χ2v) is 5.68. The zero-order chi connectivity index (χ0) is 11.4. The van der Waals surface area contributed by atoms with Crippen LogP contribution in [-0.4, -0.2) is 23.8 Å². The number of rotatable bonds is 0. The third kappa shape index (κ3) is 1.49. The maximum atomic E-state index is 8.28. The molecule has 1 saturated carbocycles. The van der Waals surface area contributed by atoms with Gasteiger partial charge in [-0.25, -0.2) is 0 Å². The van der Waals surface area contributed by atoms with Gasteiger partial charge in [0.15, 0.2) is 0 Å². The van der Waals surface area contributed by atoms with Crippen molar-refractivity contribution >= 4 is 0 Å². The van der Waals surface area contributed by atoms with Crippen LogP contribution in [0.2, 0.25) is 0 Å². The van der Waals surface area contributed by atoms with E-state index in [1.165, 1.54) is 0 Å². The molecule has 0 bridgehead atoms. The minimum Gasteiger partial charge on any atom is -0.293 e. The molecule has 0 radical (unpaired) electrons. The molecule has 2 rings (SSSR count). The lowest BCUT2D eigenvalue weighted by Crippen LogP contribution is -2.42. The Morgan fingerprint density at radius 3 is 2.64 bits per heavy atom. The molecule has 0 spiro atoms. The van der Waals surface area contributed by atoms with Crippen molar-refractivity contribution in [1.29, 1.82) is 0 Å². The lowest BCUT2D eigenvalue weighted by molar-refractivity contribution is -0.182. The second-order valence-electron chi connectivity index (χ2n) is 5.68. The smallest absolute Gasteiger partial charge is 0.0887 e. The highest BCUT2D eigenvalue weighted by atomic mass is 16.7. The summed E-state index contributed by atoms with van der Waals surface area (Å²) in [4.78, 5) is 5.91. The minimum absolute atomic E-state index is 0.101. The maximum Gasteiger partial charge on any atom is 0.0887 e. The van der Waals surface area contributed by atoms with Gasteiger partial charge in [-0.15, -0.1) is 0 Å². The van der Waals surface area contributed by atoms with Gasteiger partial charge in [-0.3, -0.25) is 4.84 Å². The minimum atomic E-state index is -0.271. The Bertz CT molecular complexity index is 264. The van der Waals surface area contributed by atoms with Gasteiger partial charge in [0.25, 0.3) is 0 Å². The van der Waals surface area contributed by atoms with E-state index in [1.807, 2.05) is 12.1 Å². The van der Waals surface area contributed by atoms with Crippen molar-refractivity contribution in [2.75, 3.05) is 7.05 Å². The molecule has 0 aromatic rings. The van der Waals surface area contributed by atoms with Crippen molar-refractivity contribution in [3.05, 3.63) is 0 Å². The first-order valence-electron chi connectivity index (χ1n) is 6.15. The summed E-state index contributed by atoms with van der Waals surface area (Å²) in [5.41, 5.74) is -0.101. The molecule has 0 aromatic carbocycles. The molecule has 14 heavy (non-hydrogen) atoms. The van der Waals surface area contributed by atoms with Crippen molar-refractivity contribution in [3.8, 4) is 0 Å². The summed E-state index contributed by atoms with van der Waals surface area (Å²) < 4.78 is 8.28. The van der Waals surface area contributed by atoms with Gasteiger partial charge in [0.2, 0.25) is 0 Å². The van der Waals surface area contributed by atoms with Gasteiger partial charge >= 0.3 is 0 Å². The van der Waals surface area contributed by atoms with E-state index in [4.69, 9.17) is 6.21 Å². The average molecular weight is 198 g/mol. The normalized spacial score (nSPS) is 54.1. The summed E-state index contributed by atoms with van der Waals surface area (Å²) in [6.07, 6.45) is 1.94. The van der Waals surface area contributed by atoms with Crippen LogP contribution >= 0.6 is 0 Å². The fraction of sp³-hybridized carbons (Fsp3) is 1.00. The van der Waals surface area contributed by atoms with Crippen LogP contribution in [0.25, 0.3) is 0 Å². The molecule has 2 heteroatoms. The molecule has 0 aromatic heterocycles. The molecule has 82 valence electrons. The Labute approximate surface area is 89.0 Å². The summed E-state index contributed by atoms with van der Waals surface area (Å²) in [5.74, 6) is 0.777. The van der Waals surface area contributed by atoms with Crippen molar-refractivity contribution in [2.24, 2.45) is 17.7 Å². The third-order valence-corrected chi connectivity index (χ3v) is 3.93.